The van der Waals surface area contributed by atoms with Gasteiger partial charge in [0, 0.05) is 16.3 Å². The first-order valence-corrected chi connectivity index (χ1v) is 7.80. The third-order valence-electron chi connectivity index (χ3n) is 3.21. The van der Waals surface area contributed by atoms with E-state index < -0.39 is 0 Å². The minimum atomic E-state index is 0.00294. The number of anilines is 2. The van der Waals surface area contributed by atoms with Crippen LogP contribution < -0.4 is 11.1 Å². The number of rotatable bonds is 4. The first-order valence-electron chi connectivity index (χ1n) is 6.82. The number of nitrogens with two attached hydrogens (primary N) is 1. The molecule has 110 valence electrons. The summed E-state index contributed by atoms with van der Waals surface area (Å²) in [6.07, 6.45) is 0. The maximum Gasteiger partial charge on any atom is 0.234 e. The average molecular weight is 300 g/mol. The minimum absolute atomic E-state index is 0.00294. The molecule has 21 heavy (non-hydrogen) atoms. The predicted molar refractivity (Wildman–Crippen MR) is 90.9 cm³/mol. The Hall–Kier alpha value is -1.94. The number of carbonyl (C=O) groups is 1. The molecule has 2 aromatic rings. The van der Waals surface area contributed by atoms with E-state index in [0.29, 0.717) is 5.75 Å². The van der Waals surface area contributed by atoms with Crippen molar-refractivity contribution >= 4 is 29.0 Å². The van der Waals surface area contributed by atoms with Gasteiger partial charge in [0.1, 0.15) is 0 Å². The number of aryl methyl sites for hydroxylation is 3. The van der Waals surface area contributed by atoms with E-state index in [-0.39, 0.29) is 5.91 Å². The van der Waals surface area contributed by atoms with Gasteiger partial charge in [-0.1, -0.05) is 17.7 Å². The SMILES string of the molecule is Cc1ccc(NC(=O)CSc2ccc(N)cc2C)c(C)c1. The molecule has 0 radical (unpaired) electrons. The van der Waals surface area contributed by atoms with Gasteiger partial charge in [-0.2, -0.15) is 0 Å². The van der Waals surface area contributed by atoms with Crippen molar-refractivity contribution in [3.63, 3.8) is 0 Å². The summed E-state index contributed by atoms with van der Waals surface area (Å²) >= 11 is 1.52. The Morgan fingerprint density at radius 1 is 1.10 bits per heavy atom. The van der Waals surface area contributed by atoms with Crippen LogP contribution in [0.5, 0.6) is 0 Å². The van der Waals surface area contributed by atoms with Crippen LogP contribution in [0.4, 0.5) is 11.4 Å². The number of nitrogens with one attached hydrogen (secondary N) is 1. The van der Waals surface area contributed by atoms with Crippen LogP contribution in [0.15, 0.2) is 41.3 Å². The van der Waals surface area contributed by atoms with Crippen LogP contribution in [0.25, 0.3) is 0 Å². The fourth-order valence-electron chi connectivity index (χ4n) is 2.12. The van der Waals surface area contributed by atoms with Gasteiger partial charge in [0.15, 0.2) is 0 Å². The van der Waals surface area contributed by atoms with E-state index in [1.165, 1.54) is 17.3 Å². The van der Waals surface area contributed by atoms with Gasteiger partial charge in [-0.25, -0.2) is 0 Å². The highest BCUT2D eigenvalue weighted by Crippen LogP contribution is 2.24. The summed E-state index contributed by atoms with van der Waals surface area (Å²) in [7, 11) is 0. The van der Waals surface area contributed by atoms with Gasteiger partial charge in [-0.3, -0.25) is 4.79 Å². The number of carbonyl (C=O) groups excluding carboxylic acids is 1. The highest BCUT2D eigenvalue weighted by molar-refractivity contribution is 8.00. The molecule has 1 amide bonds. The predicted octanol–water partition coefficient (Wildman–Crippen LogP) is 3.92. The van der Waals surface area contributed by atoms with Crippen molar-refractivity contribution in [3.05, 3.63) is 53.1 Å². The molecule has 0 spiro atoms. The second kappa shape index (κ2) is 6.68. The lowest BCUT2D eigenvalue weighted by Gasteiger charge is -2.10. The zero-order valence-corrected chi connectivity index (χ0v) is 13.4. The second-order valence-electron chi connectivity index (χ2n) is 5.18. The molecule has 2 aromatic carbocycles. The first-order chi connectivity index (χ1) is 9.95. The Kier molecular flexibility index (Phi) is 4.91. The molecule has 0 aliphatic rings. The molecule has 0 unspecified atom stereocenters. The maximum atomic E-state index is 12.0. The monoisotopic (exact) mass is 300 g/mol. The fraction of sp³-hybridized carbons (Fsp3) is 0.235. The number of hydrogen-bond acceptors (Lipinski definition) is 3. The van der Waals surface area contributed by atoms with E-state index in [0.717, 1.165) is 27.4 Å². The maximum absolute atomic E-state index is 12.0. The van der Waals surface area contributed by atoms with Crippen LogP contribution in [0.3, 0.4) is 0 Å². The first kappa shape index (κ1) is 15.4. The molecular weight excluding hydrogens is 280 g/mol. The largest absolute Gasteiger partial charge is 0.399 e. The lowest BCUT2D eigenvalue weighted by molar-refractivity contribution is -0.113. The highest BCUT2D eigenvalue weighted by Gasteiger charge is 2.07. The van der Waals surface area contributed by atoms with Crippen LogP contribution >= 0.6 is 11.8 Å². The van der Waals surface area contributed by atoms with Gasteiger partial charge in [0.25, 0.3) is 0 Å². The molecule has 0 fully saturated rings. The summed E-state index contributed by atoms with van der Waals surface area (Å²) in [6.45, 7) is 6.04. The van der Waals surface area contributed by atoms with Crippen LogP contribution in [0.1, 0.15) is 16.7 Å². The van der Waals surface area contributed by atoms with E-state index >= 15 is 0 Å². The molecule has 0 aliphatic heterocycles. The summed E-state index contributed by atoms with van der Waals surface area (Å²) in [5.74, 6) is 0.390. The topological polar surface area (TPSA) is 55.1 Å². The summed E-state index contributed by atoms with van der Waals surface area (Å²) < 4.78 is 0. The van der Waals surface area contributed by atoms with Crippen LogP contribution in [0, 0.1) is 20.8 Å². The summed E-state index contributed by atoms with van der Waals surface area (Å²) in [5, 5.41) is 2.95. The molecule has 0 bridgehead atoms. The van der Waals surface area contributed by atoms with Gasteiger partial charge in [0.2, 0.25) is 5.91 Å². The molecule has 0 atom stereocenters. The van der Waals surface area contributed by atoms with E-state index in [4.69, 9.17) is 5.73 Å². The molecule has 3 nitrogen and oxygen atoms in total. The molecule has 0 aliphatic carbocycles. The third kappa shape index (κ3) is 4.26. The number of nitrogen functional groups attached to an aromatic ring is 1. The lowest BCUT2D eigenvalue weighted by atomic mass is 10.1. The normalized spacial score (nSPS) is 10.4. The molecule has 2 rings (SSSR count). The van der Waals surface area contributed by atoms with Crippen LogP contribution in [-0.2, 0) is 4.79 Å². The Balaban J connectivity index is 1.96. The molecule has 0 aromatic heterocycles. The zero-order chi connectivity index (χ0) is 15.4. The Labute approximate surface area is 129 Å². The standard InChI is InChI=1S/C17H20N2OS/c1-11-4-6-15(12(2)8-11)19-17(20)10-21-16-7-5-14(18)9-13(16)3/h4-9H,10,18H2,1-3H3,(H,19,20). The smallest absolute Gasteiger partial charge is 0.234 e. The van der Waals surface area contributed by atoms with E-state index in [2.05, 4.69) is 11.4 Å². The van der Waals surface area contributed by atoms with Crippen LogP contribution in [0.2, 0.25) is 0 Å². The van der Waals surface area contributed by atoms with Gasteiger partial charge < -0.3 is 11.1 Å². The van der Waals surface area contributed by atoms with Crippen molar-refractivity contribution < 1.29 is 4.79 Å². The van der Waals surface area contributed by atoms with E-state index in [1.54, 1.807) is 0 Å². The third-order valence-corrected chi connectivity index (χ3v) is 4.39. The van der Waals surface area contributed by atoms with Crippen molar-refractivity contribution in [1.29, 1.82) is 0 Å². The quantitative estimate of drug-likeness (QED) is 0.664. The number of benzene rings is 2. The molecular formula is C17H20N2OS. The molecule has 0 saturated heterocycles. The van der Waals surface area contributed by atoms with Gasteiger partial charge in [-0.05, 0) is 56.2 Å². The van der Waals surface area contributed by atoms with Crippen molar-refractivity contribution in [3.8, 4) is 0 Å². The van der Waals surface area contributed by atoms with Crippen molar-refractivity contribution in [2.24, 2.45) is 0 Å². The fourth-order valence-corrected chi connectivity index (χ4v) is 2.93. The Morgan fingerprint density at radius 3 is 2.52 bits per heavy atom. The molecule has 0 saturated carbocycles. The Morgan fingerprint density at radius 2 is 1.86 bits per heavy atom. The van der Waals surface area contributed by atoms with E-state index in [1.807, 2.05) is 51.1 Å². The van der Waals surface area contributed by atoms with Crippen molar-refractivity contribution in [2.45, 2.75) is 25.7 Å². The van der Waals surface area contributed by atoms with Gasteiger partial charge >= 0.3 is 0 Å². The summed E-state index contributed by atoms with van der Waals surface area (Å²) in [5.41, 5.74) is 10.7. The number of hydrogen-bond donors (Lipinski definition) is 2. The van der Waals surface area contributed by atoms with Gasteiger partial charge in [-0.15, -0.1) is 11.8 Å². The van der Waals surface area contributed by atoms with E-state index in [9.17, 15) is 4.79 Å². The second-order valence-corrected chi connectivity index (χ2v) is 6.20. The lowest BCUT2D eigenvalue weighted by Crippen LogP contribution is -2.14. The molecule has 0 heterocycles. The Bertz CT molecular complexity index is 668. The number of thioether (sulfide) groups is 1. The van der Waals surface area contributed by atoms with Crippen molar-refractivity contribution in [2.75, 3.05) is 16.8 Å². The number of amides is 1. The molecule has 3 N–H and O–H groups in total. The van der Waals surface area contributed by atoms with Crippen molar-refractivity contribution in [1.82, 2.24) is 0 Å². The summed E-state index contributed by atoms with van der Waals surface area (Å²) in [6, 6.07) is 11.7. The highest BCUT2D eigenvalue weighted by atomic mass is 32.2. The van der Waals surface area contributed by atoms with Crippen LogP contribution in [-0.4, -0.2) is 11.7 Å². The molecule has 4 heteroatoms. The minimum Gasteiger partial charge on any atom is -0.399 e. The average Bonchev–Trinajstić information content (AvgIpc) is 2.41. The summed E-state index contributed by atoms with van der Waals surface area (Å²) in [4.78, 5) is 13.1. The van der Waals surface area contributed by atoms with Gasteiger partial charge in [0.05, 0.1) is 5.75 Å². The zero-order valence-electron chi connectivity index (χ0n) is 12.6.